The third-order valence-electron chi connectivity index (χ3n) is 4.27. The Hall–Kier alpha value is -2.81. The number of benzene rings is 1. The number of nitrogens with zero attached hydrogens (tertiary/aromatic N) is 3. The minimum absolute atomic E-state index is 0.343. The lowest BCUT2D eigenvalue weighted by Crippen LogP contribution is -2.31. The predicted molar refractivity (Wildman–Crippen MR) is 103 cm³/mol. The number of amides is 1. The Morgan fingerprint density at radius 1 is 1.33 bits per heavy atom. The normalized spacial score (nSPS) is 12.2. The maximum Gasteiger partial charge on any atom is 0.339 e. The number of anilines is 1. The largest absolute Gasteiger partial charge is 0.481 e. The zero-order valence-corrected chi connectivity index (χ0v) is 16.5. The van der Waals surface area contributed by atoms with Crippen molar-refractivity contribution in [3.63, 3.8) is 0 Å². The van der Waals surface area contributed by atoms with Crippen LogP contribution in [0.2, 0.25) is 0 Å². The molecule has 1 aromatic carbocycles. The van der Waals surface area contributed by atoms with E-state index < -0.39 is 6.10 Å². The molecule has 9 heteroatoms. The topological polar surface area (TPSA) is 99.2 Å². The summed E-state index contributed by atoms with van der Waals surface area (Å²) in [5, 5.41) is 8.24. The highest BCUT2D eigenvalue weighted by atomic mass is 32.2. The van der Waals surface area contributed by atoms with Gasteiger partial charge in [0, 0.05) is 24.1 Å². The first-order chi connectivity index (χ1) is 12.8. The Labute approximate surface area is 159 Å². The number of rotatable bonds is 5. The van der Waals surface area contributed by atoms with Gasteiger partial charge in [-0.3, -0.25) is 10.1 Å². The molecule has 2 aromatic heterocycles. The van der Waals surface area contributed by atoms with Crippen LogP contribution in [0.3, 0.4) is 0 Å². The van der Waals surface area contributed by atoms with E-state index in [1.54, 1.807) is 33.0 Å². The van der Waals surface area contributed by atoms with E-state index in [2.05, 4.69) is 15.4 Å². The van der Waals surface area contributed by atoms with Gasteiger partial charge in [-0.25, -0.2) is 9.48 Å². The minimum atomic E-state index is -0.782. The lowest BCUT2D eigenvalue weighted by Gasteiger charge is -2.14. The van der Waals surface area contributed by atoms with Gasteiger partial charge in [0.05, 0.1) is 0 Å². The Bertz CT molecular complexity index is 1070. The van der Waals surface area contributed by atoms with Crippen molar-refractivity contribution in [3.8, 4) is 5.75 Å². The molecule has 0 saturated carbocycles. The number of ether oxygens (including phenoxy) is 1. The molecule has 142 valence electrons. The molecule has 1 amide bonds. The van der Waals surface area contributed by atoms with Gasteiger partial charge in [0.25, 0.3) is 5.91 Å². The second-order valence-electron chi connectivity index (χ2n) is 6.09. The molecule has 0 aliphatic carbocycles. The fraction of sp³-hybridized carbons (Fsp3) is 0.333. The fourth-order valence-electron chi connectivity index (χ4n) is 2.53. The Morgan fingerprint density at radius 3 is 2.74 bits per heavy atom. The molecular formula is C18H20N4O4S. The molecule has 0 aliphatic rings. The quantitative estimate of drug-likeness (QED) is 0.530. The molecule has 0 aliphatic heterocycles. The second-order valence-corrected chi connectivity index (χ2v) is 6.87. The highest BCUT2D eigenvalue weighted by Crippen LogP contribution is 2.24. The van der Waals surface area contributed by atoms with Gasteiger partial charge in [0.1, 0.15) is 11.3 Å². The van der Waals surface area contributed by atoms with Gasteiger partial charge in [-0.15, -0.1) is 5.10 Å². The summed E-state index contributed by atoms with van der Waals surface area (Å²) in [5.74, 6) is 0.412. The van der Waals surface area contributed by atoms with Crippen LogP contribution in [0.1, 0.15) is 18.1 Å². The molecule has 0 bridgehead atoms. The highest BCUT2D eigenvalue weighted by molar-refractivity contribution is 7.98. The number of fused-ring (bicyclic) bond motifs is 1. The number of aryl methyl sites for hydroxylation is 2. The van der Waals surface area contributed by atoms with Crippen molar-refractivity contribution in [3.05, 3.63) is 39.7 Å². The Kier molecular flexibility index (Phi) is 5.22. The number of hydrogen-bond acceptors (Lipinski definition) is 7. The molecule has 3 rings (SSSR count). The molecule has 0 fully saturated rings. The number of carbonyl (C=O) groups excluding carboxylic acids is 1. The maximum atomic E-state index is 12.4. The van der Waals surface area contributed by atoms with Crippen LogP contribution >= 0.6 is 11.8 Å². The first-order valence-corrected chi connectivity index (χ1v) is 9.49. The van der Waals surface area contributed by atoms with Gasteiger partial charge in [-0.2, -0.15) is 4.98 Å². The third-order valence-corrected chi connectivity index (χ3v) is 4.81. The van der Waals surface area contributed by atoms with Crippen molar-refractivity contribution in [1.82, 2.24) is 14.8 Å². The summed E-state index contributed by atoms with van der Waals surface area (Å²) in [4.78, 5) is 28.5. The Morgan fingerprint density at radius 2 is 2.07 bits per heavy atom. The van der Waals surface area contributed by atoms with E-state index in [-0.39, 0.29) is 11.5 Å². The van der Waals surface area contributed by atoms with Gasteiger partial charge < -0.3 is 9.15 Å². The van der Waals surface area contributed by atoms with E-state index in [0.29, 0.717) is 28.0 Å². The lowest BCUT2D eigenvalue weighted by atomic mass is 10.1. The van der Waals surface area contributed by atoms with Crippen LogP contribution in [0.15, 0.2) is 32.6 Å². The zero-order chi connectivity index (χ0) is 19.7. The predicted octanol–water partition coefficient (Wildman–Crippen LogP) is 2.67. The van der Waals surface area contributed by atoms with Gasteiger partial charge >= 0.3 is 5.63 Å². The zero-order valence-electron chi connectivity index (χ0n) is 15.7. The number of hydrogen-bond donors (Lipinski definition) is 1. The van der Waals surface area contributed by atoms with Crippen LogP contribution in [0.5, 0.6) is 5.75 Å². The molecule has 0 spiro atoms. The van der Waals surface area contributed by atoms with Crippen molar-refractivity contribution in [2.45, 2.75) is 32.0 Å². The average molecular weight is 388 g/mol. The van der Waals surface area contributed by atoms with E-state index in [0.717, 1.165) is 10.9 Å². The fourth-order valence-corrected chi connectivity index (χ4v) is 2.91. The van der Waals surface area contributed by atoms with Crippen LogP contribution in [0, 0.1) is 13.8 Å². The molecule has 1 N–H and O–H groups in total. The summed E-state index contributed by atoms with van der Waals surface area (Å²) >= 11 is 1.38. The van der Waals surface area contributed by atoms with Crippen molar-refractivity contribution < 1.29 is 13.9 Å². The van der Waals surface area contributed by atoms with E-state index in [4.69, 9.17) is 9.15 Å². The van der Waals surface area contributed by atoms with E-state index >= 15 is 0 Å². The standard InChI is InChI=1S/C18H20N4O4S/c1-9-10(2)16(24)26-14-8-12(6-7-13(9)14)25-11(3)15(23)19-17-20-18(27-5)21-22(17)4/h6-8,11H,1-5H3,(H,19,20,21,23). The lowest BCUT2D eigenvalue weighted by molar-refractivity contribution is -0.122. The average Bonchev–Trinajstić information content (AvgIpc) is 2.99. The number of carbonyl (C=O) groups is 1. The van der Waals surface area contributed by atoms with E-state index in [1.165, 1.54) is 16.4 Å². The van der Waals surface area contributed by atoms with Gasteiger partial charge in [0.15, 0.2) is 6.10 Å². The Balaban J connectivity index is 1.77. The van der Waals surface area contributed by atoms with Crippen LogP contribution in [0.4, 0.5) is 5.95 Å². The third kappa shape index (κ3) is 3.82. The molecular weight excluding hydrogens is 368 g/mol. The van der Waals surface area contributed by atoms with Crippen molar-refractivity contribution in [1.29, 1.82) is 0 Å². The van der Waals surface area contributed by atoms with E-state index in [1.807, 2.05) is 19.2 Å². The van der Waals surface area contributed by atoms with Crippen LogP contribution in [0.25, 0.3) is 11.0 Å². The molecule has 3 aromatic rings. The molecule has 1 atom stereocenters. The molecule has 1 unspecified atom stereocenters. The summed E-state index contributed by atoms with van der Waals surface area (Å²) in [7, 11) is 1.70. The molecule has 0 radical (unpaired) electrons. The van der Waals surface area contributed by atoms with Crippen molar-refractivity contribution in [2.24, 2.45) is 7.05 Å². The summed E-state index contributed by atoms with van der Waals surface area (Å²) in [6.07, 6.45) is 1.07. The number of nitrogens with one attached hydrogen (secondary N) is 1. The molecule has 27 heavy (non-hydrogen) atoms. The number of aromatic nitrogens is 3. The molecule has 2 heterocycles. The minimum Gasteiger partial charge on any atom is -0.481 e. The molecule has 8 nitrogen and oxygen atoms in total. The van der Waals surface area contributed by atoms with Crippen LogP contribution in [-0.4, -0.2) is 33.0 Å². The van der Waals surface area contributed by atoms with Crippen LogP contribution in [-0.2, 0) is 11.8 Å². The van der Waals surface area contributed by atoms with Crippen LogP contribution < -0.4 is 15.7 Å². The number of thioether (sulfide) groups is 1. The van der Waals surface area contributed by atoms with Gasteiger partial charge in [0.2, 0.25) is 11.1 Å². The first kappa shape index (κ1) is 19.0. The van der Waals surface area contributed by atoms with E-state index in [9.17, 15) is 9.59 Å². The summed E-state index contributed by atoms with van der Waals surface area (Å²) in [5.41, 5.74) is 1.49. The SMILES string of the molecule is CSc1nc(NC(=O)C(C)Oc2ccc3c(C)c(C)c(=O)oc3c2)n(C)n1. The van der Waals surface area contributed by atoms with Gasteiger partial charge in [-0.1, -0.05) is 11.8 Å². The molecule has 0 saturated heterocycles. The smallest absolute Gasteiger partial charge is 0.339 e. The van der Waals surface area contributed by atoms with Crippen molar-refractivity contribution in [2.75, 3.05) is 11.6 Å². The monoisotopic (exact) mass is 388 g/mol. The van der Waals surface area contributed by atoms with Gasteiger partial charge in [-0.05, 0) is 44.7 Å². The summed E-state index contributed by atoms with van der Waals surface area (Å²) in [6, 6.07) is 5.17. The second kappa shape index (κ2) is 7.43. The maximum absolute atomic E-state index is 12.4. The first-order valence-electron chi connectivity index (χ1n) is 8.26. The summed E-state index contributed by atoms with van der Waals surface area (Å²) < 4.78 is 12.5. The summed E-state index contributed by atoms with van der Waals surface area (Å²) in [6.45, 7) is 5.23. The van der Waals surface area contributed by atoms with Crippen molar-refractivity contribution >= 4 is 34.6 Å². The highest BCUT2D eigenvalue weighted by Gasteiger charge is 2.18.